The Labute approximate surface area is 334 Å². The topological polar surface area (TPSA) is 157 Å². The third-order valence-electron chi connectivity index (χ3n) is 12.7. The summed E-state index contributed by atoms with van der Waals surface area (Å²) < 4.78 is 32.2. The van der Waals surface area contributed by atoms with Crippen LogP contribution in [0.1, 0.15) is 80.2 Å². The van der Waals surface area contributed by atoms with Gasteiger partial charge in [-0.1, -0.05) is 27.7 Å². The van der Waals surface area contributed by atoms with Gasteiger partial charge in [-0.25, -0.2) is 4.79 Å². The Balaban J connectivity index is 1.50. The SMILES string of the molecule is CC[C@H]1OC(=O)[C@H](C)C(=O)[C@H](C)[C@@H](O[C@@H]2O[C@H](C)C[C@H](N(C)C)[C@H]2O)[C@](C)(OC)C[C@@H](C)C(=O)[C@H](C)[C@H]2N(C3CN(Cc4ccncc4Br)C3)C(=O)O[C@]12C. The van der Waals surface area contributed by atoms with Crippen molar-refractivity contribution >= 4 is 39.6 Å². The second kappa shape index (κ2) is 17.1. The van der Waals surface area contributed by atoms with Crippen molar-refractivity contribution in [3.63, 3.8) is 0 Å². The van der Waals surface area contributed by atoms with Crippen molar-refractivity contribution in [1.29, 1.82) is 0 Å². The molecule has 0 aromatic carbocycles. The van der Waals surface area contributed by atoms with Crippen molar-refractivity contribution in [3.8, 4) is 0 Å². The Hall–Kier alpha value is -2.53. The average Bonchev–Trinajstić information content (AvgIpc) is 3.39. The largest absolute Gasteiger partial charge is 0.458 e. The highest BCUT2D eigenvalue weighted by atomic mass is 79.9. The third-order valence-corrected chi connectivity index (χ3v) is 13.4. The fourth-order valence-corrected chi connectivity index (χ4v) is 9.78. The van der Waals surface area contributed by atoms with Crippen LogP contribution in [0.3, 0.4) is 0 Å². The minimum absolute atomic E-state index is 0.136. The van der Waals surface area contributed by atoms with Crippen LogP contribution in [0.15, 0.2) is 22.9 Å². The average molecular weight is 838 g/mol. The standard InChI is InChI=1S/C40H61BrN4O10/c1-12-30-40(8)34(45(38(50)55-40)27-19-44(20-27)18-26-13-14-42-17-28(26)41)23(4)31(46)21(2)16-39(7,51-11)35(24(5)32(47)25(6)36(49)53-30)54-37-33(48)29(43(9)10)15-22(3)52-37/h13-14,17,21-25,27,29-30,33-35,37,48H,12,15-16,18-20H2,1-11H3/t21-,22-,23+,24+,25-,29+,30-,33-,34-,35-,37+,39-,40-/m1/s1. The second-order valence-electron chi connectivity index (χ2n) is 16.9. The minimum Gasteiger partial charge on any atom is -0.458 e. The maximum Gasteiger partial charge on any atom is 0.411 e. The van der Waals surface area contributed by atoms with Crippen molar-refractivity contribution in [1.82, 2.24) is 19.7 Å². The third kappa shape index (κ3) is 8.54. The number of ketones is 2. The lowest BCUT2D eigenvalue weighted by atomic mass is 9.73. The molecule has 0 aliphatic carbocycles. The van der Waals surface area contributed by atoms with E-state index >= 15 is 0 Å². The highest BCUT2D eigenvalue weighted by Gasteiger charge is 2.62. The molecule has 0 saturated carbocycles. The van der Waals surface area contributed by atoms with Gasteiger partial charge in [-0.2, -0.15) is 0 Å². The number of aliphatic hydroxyl groups is 1. The van der Waals surface area contributed by atoms with Crippen molar-refractivity contribution < 1.29 is 48.0 Å². The number of pyridine rings is 1. The lowest BCUT2D eigenvalue weighted by Crippen LogP contribution is -2.65. The van der Waals surface area contributed by atoms with Gasteiger partial charge in [-0.05, 0) is 88.6 Å². The molecule has 0 bridgehead atoms. The molecule has 4 aliphatic heterocycles. The molecule has 0 spiro atoms. The summed E-state index contributed by atoms with van der Waals surface area (Å²) in [5.74, 6) is -4.91. The number of likely N-dealkylation sites (N-methyl/N-ethyl adjacent to an activating group) is 1. The highest BCUT2D eigenvalue weighted by Crippen LogP contribution is 2.45. The van der Waals surface area contributed by atoms with Crippen LogP contribution in [-0.4, -0.2) is 143 Å². The molecule has 5 rings (SSSR count). The molecule has 1 aromatic rings. The first-order valence-corrected chi connectivity index (χ1v) is 20.4. The molecule has 1 amide bonds. The number of hydrogen-bond donors (Lipinski definition) is 1. The van der Waals surface area contributed by atoms with E-state index in [0.29, 0.717) is 26.1 Å². The van der Waals surface area contributed by atoms with Crippen molar-refractivity contribution in [2.45, 2.75) is 141 Å². The fourth-order valence-electron chi connectivity index (χ4n) is 9.41. The number of methoxy groups -OCH3 is 1. The number of ether oxygens (including phenoxy) is 5. The number of fused-ring (bicyclic) bond motifs is 1. The number of amides is 1. The number of Topliss-reactive ketones (excluding diaryl/α,β-unsaturated/α-hetero) is 2. The summed E-state index contributed by atoms with van der Waals surface area (Å²) in [7, 11) is 5.25. The number of cyclic esters (lactones) is 1. The van der Waals surface area contributed by atoms with Crippen LogP contribution in [0.5, 0.6) is 0 Å². The first-order valence-electron chi connectivity index (χ1n) is 19.6. The Kier molecular flexibility index (Phi) is 13.6. The predicted octanol–water partition coefficient (Wildman–Crippen LogP) is 4.23. The van der Waals surface area contributed by atoms with Gasteiger partial charge in [0.15, 0.2) is 17.7 Å². The lowest BCUT2D eigenvalue weighted by Gasteiger charge is -2.48. The summed E-state index contributed by atoms with van der Waals surface area (Å²) in [5, 5.41) is 11.4. The molecule has 1 N–H and O–H groups in total. The molecule has 55 heavy (non-hydrogen) atoms. The second-order valence-corrected chi connectivity index (χ2v) is 17.8. The smallest absolute Gasteiger partial charge is 0.411 e. The van der Waals surface area contributed by atoms with Crippen molar-refractivity contribution in [3.05, 3.63) is 28.5 Å². The van der Waals surface area contributed by atoms with Gasteiger partial charge in [0, 0.05) is 67.4 Å². The number of likely N-dealkylation sites (tertiary alicyclic amines) is 1. The van der Waals surface area contributed by atoms with E-state index in [-0.39, 0.29) is 36.8 Å². The van der Waals surface area contributed by atoms with Gasteiger partial charge in [0.2, 0.25) is 0 Å². The Morgan fingerprint density at radius 2 is 1.73 bits per heavy atom. The van der Waals surface area contributed by atoms with E-state index in [2.05, 4.69) is 25.8 Å². The zero-order valence-electron chi connectivity index (χ0n) is 34.2. The van der Waals surface area contributed by atoms with Crippen LogP contribution < -0.4 is 0 Å². The molecule has 13 atom stereocenters. The summed E-state index contributed by atoms with van der Waals surface area (Å²) in [6.45, 7) is 15.8. The van der Waals surface area contributed by atoms with E-state index in [0.717, 1.165) is 10.0 Å². The van der Waals surface area contributed by atoms with Crippen LogP contribution in [0.2, 0.25) is 0 Å². The normalized spacial score (nSPS) is 40.0. The Bertz CT molecular complexity index is 1580. The molecule has 0 unspecified atom stereocenters. The Morgan fingerprint density at radius 3 is 2.33 bits per heavy atom. The number of rotatable bonds is 8. The zero-order valence-corrected chi connectivity index (χ0v) is 35.8. The van der Waals surface area contributed by atoms with E-state index in [4.69, 9.17) is 23.7 Å². The molecule has 0 radical (unpaired) electrons. The predicted molar refractivity (Wildman–Crippen MR) is 206 cm³/mol. The van der Waals surface area contributed by atoms with Crippen LogP contribution in [0.25, 0.3) is 0 Å². The van der Waals surface area contributed by atoms with Gasteiger partial charge in [0.1, 0.15) is 23.9 Å². The van der Waals surface area contributed by atoms with E-state index < -0.39 is 83.4 Å². The highest BCUT2D eigenvalue weighted by molar-refractivity contribution is 9.10. The van der Waals surface area contributed by atoms with Gasteiger partial charge in [0.05, 0.1) is 29.9 Å². The van der Waals surface area contributed by atoms with Gasteiger partial charge < -0.3 is 33.7 Å². The lowest BCUT2D eigenvalue weighted by molar-refractivity contribution is -0.295. The maximum absolute atomic E-state index is 14.7. The number of hydrogen-bond acceptors (Lipinski definition) is 13. The monoisotopic (exact) mass is 836 g/mol. The number of aromatic nitrogens is 1. The molecule has 308 valence electrons. The summed E-state index contributed by atoms with van der Waals surface area (Å²) in [4.78, 5) is 66.9. The minimum atomic E-state index is -1.40. The molecule has 5 heterocycles. The van der Waals surface area contributed by atoms with E-state index in [1.54, 1.807) is 38.1 Å². The van der Waals surface area contributed by atoms with Gasteiger partial charge in [-0.15, -0.1) is 0 Å². The van der Waals surface area contributed by atoms with E-state index in [9.17, 15) is 24.3 Å². The van der Waals surface area contributed by atoms with E-state index in [1.807, 2.05) is 52.8 Å². The van der Waals surface area contributed by atoms with Crippen LogP contribution in [0, 0.1) is 23.7 Å². The maximum atomic E-state index is 14.7. The molecule has 4 fully saturated rings. The molecule has 1 aromatic heterocycles. The van der Waals surface area contributed by atoms with Gasteiger partial charge in [-0.3, -0.25) is 29.2 Å². The fraction of sp³-hybridized carbons (Fsp3) is 0.775. The summed E-state index contributed by atoms with van der Waals surface area (Å²) in [6, 6.07) is 0.634. The van der Waals surface area contributed by atoms with Crippen molar-refractivity contribution in [2.24, 2.45) is 23.7 Å². The van der Waals surface area contributed by atoms with Crippen molar-refractivity contribution in [2.75, 3.05) is 34.3 Å². The first kappa shape index (κ1) is 43.6. The van der Waals surface area contributed by atoms with Crippen LogP contribution in [0.4, 0.5) is 4.79 Å². The zero-order chi connectivity index (χ0) is 40.7. The molecule has 14 nitrogen and oxygen atoms in total. The number of carbonyl (C=O) groups excluding carboxylic acids is 4. The Morgan fingerprint density at radius 1 is 1.05 bits per heavy atom. The molecular formula is C40H61BrN4O10. The number of esters is 1. The summed E-state index contributed by atoms with van der Waals surface area (Å²) >= 11 is 3.57. The van der Waals surface area contributed by atoms with E-state index in [1.165, 1.54) is 14.0 Å². The molecular weight excluding hydrogens is 776 g/mol. The molecule has 4 saturated heterocycles. The van der Waals surface area contributed by atoms with Gasteiger partial charge in [0.25, 0.3) is 0 Å². The number of nitrogens with zero attached hydrogens (tertiary/aromatic N) is 4. The van der Waals surface area contributed by atoms with Gasteiger partial charge >= 0.3 is 12.1 Å². The first-order chi connectivity index (χ1) is 25.8. The van der Waals surface area contributed by atoms with Crippen LogP contribution >= 0.6 is 15.9 Å². The molecule has 4 aliphatic rings. The summed E-state index contributed by atoms with van der Waals surface area (Å²) in [5.41, 5.74) is -1.59. The number of carbonyl (C=O) groups is 4. The quantitative estimate of drug-likeness (QED) is 0.294. The number of aliphatic hydroxyl groups excluding tert-OH is 1. The summed E-state index contributed by atoms with van der Waals surface area (Å²) in [6.07, 6.45) is -0.509. The van der Waals surface area contributed by atoms with Crippen LogP contribution in [-0.2, 0) is 44.6 Å². The number of halogens is 1. The molecule has 15 heteroatoms.